The molecule has 0 saturated heterocycles. The Kier molecular flexibility index (Phi) is 3.88. The third-order valence-corrected chi connectivity index (χ3v) is 5.11. The van der Waals surface area contributed by atoms with E-state index in [9.17, 15) is 0 Å². The lowest BCUT2D eigenvalue weighted by atomic mass is 10.1. The second kappa shape index (κ2) is 6.53. The van der Waals surface area contributed by atoms with Crippen LogP contribution in [0.4, 0.5) is 10.8 Å². The number of H-pyrrole nitrogens is 1. The van der Waals surface area contributed by atoms with Crippen LogP contribution in [0.15, 0.2) is 64.6 Å². The minimum Gasteiger partial charge on any atom is -0.354 e. The molecule has 2 N–H and O–H groups in total. The summed E-state index contributed by atoms with van der Waals surface area (Å²) < 4.78 is 5.47. The number of aromatic nitrogens is 4. The van der Waals surface area contributed by atoms with Gasteiger partial charge < -0.3 is 9.84 Å². The monoisotopic (exact) mass is 393 g/mol. The molecule has 3 aromatic heterocycles. The Balaban J connectivity index is 1.38. The largest absolute Gasteiger partial charge is 0.354 e. The van der Waals surface area contributed by atoms with Gasteiger partial charge in [-0.05, 0) is 30.3 Å². The maximum absolute atomic E-state index is 5.93. The summed E-state index contributed by atoms with van der Waals surface area (Å²) in [6.07, 6.45) is 1.79. The smallest absolute Gasteiger partial charge is 0.187 e. The minimum absolute atomic E-state index is 0.620. The molecule has 27 heavy (non-hydrogen) atoms. The van der Waals surface area contributed by atoms with Crippen LogP contribution < -0.4 is 5.32 Å². The average Bonchev–Trinajstić information content (AvgIpc) is 3.42. The van der Waals surface area contributed by atoms with Crippen molar-refractivity contribution in [2.45, 2.75) is 0 Å². The molecule has 0 radical (unpaired) electrons. The topological polar surface area (TPSA) is 79.6 Å². The van der Waals surface area contributed by atoms with Crippen molar-refractivity contribution in [1.82, 2.24) is 20.3 Å². The van der Waals surface area contributed by atoms with E-state index in [1.54, 1.807) is 6.20 Å². The zero-order valence-corrected chi connectivity index (χ0v) is 15.4. The van der Waals surface area contributed by atoms with Crippen molar-refractivity contribution in [2.75, 3.05) is 5.32 Å². The highest BCUT2D eigenvalue weighted by atomic mass is 35.5. The first-order valence-electron chi connectivity index (χ1n) is 8.13. The standard InChI is InChI=1S/C19H12ClN5OS/c20-13-3-1-11(2-4-13)16-8-18(26-25-16)17-10-27-19(23-17)22-14-5-6-15-12(7-14)9-21-24-15/h1-10H,(H,21,24)(H,22,23). The molecule has 132 valence electrons. The first-order chi connectivity index (χ1) is 13.2. The van der Waals surface area contributed by atoms with E-state index in [0.717, 1.165) is 38.7 Å². The van der Waals surface area contributed by atoms with Gasteiger partial charge in [-0.15, -0.1) is 11.3 Å². The number of hydrogen-bond acceptors (Lipinski definition) is 6. The van der Waals surface area contributed by atoms with Gasteiger partial charge in [0.05, 0.1) is 11.7 Å². The van der Waals surface area contributed by atoms with Gasteiger partial charge in [-0.1, -0.05) is 28.9 Å². The molecule has 0 aliphatic heterocycles. The lowest BCUT2D eigenvalue weighted by Crippen LogP contribution is -1.89. The van der Waals surface area contributed by atoms with Gasteiger partial charge in [0.1, 0.15) is 11.4 Å². The Hall–Kier alpha value is -3.16. The summed E-state index contributed by atoms with van der Waals surface area (Å²) in [6.45, 7) is 0. The van der Waals surface area contributed by atoms with Crippen molar-refractivity contribution < 1.29 is 4.52 Å². The maximum Gasteiger partial charge on any atom is 0.187 e. The fourth-order valence-electron chi connectivity index (χ4n) is 2.74. The summed E-state index contributed by atoms with van der Waals surface area (Å²) in [5.41, 5.74) is 4.37. The van der Waals surface area contributed by atoms with Crippen LogP contribution in [-0.4, -0.2) is 20.3 Å². The normalized spacial score (nSPS) is 11.1. The molecule has 0 saturated carbocycles. The molecule has 0 atom stereocenters. The molecule has 0 bridgehead atoms. The number of benzene rings is 2. The number of nitrogens with one attached hydrogen (secondary N) is 2. The van der Waals surface area contributed by atoms with Gasteiger partial charge in [0.15, 0.2) is 10.9 Å². The SMILES string of the molecule is Clc1ccc(-c2cc(-c3csc(Nc4ccc5[nH]ncc5c4)n3)on2)cc1. The van der Waals surface area contributed by atoms with E-state index in [-0.39, 0.29) is 0 Å². The van der Waals surface area contributed by atoms with Gasteiger partial charge >= 0.3 is 0 Å². The maximum atomic E-state index is 5.93. The molecule has 0 fully saturated rings. The molecule has 5 aromatic rings. The van der Waals surface area contributed by atoms with Crippen LogP contribution in [0.25, 0.3) is 33.6 Å². The Morgan fingerprint density at radius 2 is 1.93 bits per heavy atom. The highest BCUT2D eigenvalue weighted by Gasteiger charge is 2.12. The van der Waals surface area contributed by atoms with Crippen LogP contribution in [0.3, 0.4) is 0 Å². The molecule has 0 unspecified atom stereocenters. The molecule has 3 heterocycles. The highest BCUT2D eigenvalue weighted by Crippen LogP contribution is 2.30. The van der Waals surface area contributed by atoms with Crippen LogP contribution in [0.2, 0.25) is 5.02 Å². The van der Waals surface area contributed by atoms with Crippen molar-refractivity contribution >= 4 is 44.7 Å². The predicted octanol–water partition coefficient (Wildman–Crippen LogP) is 5.74. The van der Waals surface area contributed by atoms with E-state index in [1.807, 2.05) is 53.9 Å². The van der Waals surface area contributed by atoms with Crippen LogP contribution in [0.5, 0.6) is 0 Å². The Morgan fingerprint density at radius 1 is 1.04 bits per heavy atom. The van der Waals surface area contributed by atoms with Gasteiger partial charge in [0.25, 0.3) is 0 Å². The van der Waals surface area contributed by atoms with Gasteiger partial charge in [-0.2, -0.15) is 5.10 Å². The highest BCUT2D eigenvalue weighted by molar-refractivity contribution is 7.14. The summed E-state index contributed by atoms with van der Waals surface area (Å²) in [7, 11) is 0. The van der Waals surface area contributed by atoms with Crippen LogP contribution in [-0.2, 0) is 0 Å². The van der Waals surface area contributed by atoms with Crippen LogP contribution >= 0.6 is 22.9 Å². The molecule has 2 aromatic carbocycles. The van der Waals surface area contributed by atoms with Crippen molar-refractivity contribution in [3.8, 4) is 22.7 Å². The fraction of sp³-hybridized carbons (Fsp3) is 0. The number of rotatable bonds is 4. The van der Waals surface area contributed by atoms with Gasteiger partial charge in [-0.3, -0.25) is 5.10 Å². The van der Waals surface area contributed by atoms with E-state index in [1.165, 1.54) is 11.3 Å². The number of anilines is 2. The van der Waals surface area contributed by atoms with Crippen molar-refractivity contribution in [3.05, 3.63) is 65.1 Å². The number of hydrogen-bond donors (Lipinski definition) is 2. The molecule has 0 amide bonds. The quantitative estimate of drug-likeness (QED) is 0.407. The molecule has 0 aliphatic rings. The number of aromatic amines is 1. The van der Waals surface area contributed by atoms with Crippen molar-refractivity contribution in [1.29, 1.82) is 0 Å². The predicted molar refractivity (Wildman–Crippen MR) is 107 cm³/mol. The van der Waals surface area contributed by atoms with E-state index in [4.69, 9.17) is 16.1 Å². The van der Waals surface area contributed by atoms with E-state index >= 15 is 0 Å². The first kappa shape index (κ1) is 16.0. The van der Waals surface area contributed by atoms with E-state index in [0.29, 0.717) is 10.8 Å². The third-order valence-electron chi connectivity index (χ3n) is 4.10. The molecule has 0 spiro atoms. The summed E-state index contributed by atoms with van der Waals surface area (Å²) >= 11 is 7.43. The minimum atomic E-state index is 0.620. The van der Waals surface area contributed by atoms with Gasteiger partial charge in [-0.25, -0.2) is 4.98 Å². The Morgan fingerprint density at radius 3 is 2.81 bits per heavy atom. The third kappa shape index (κ3) is 3.18. The number of fused-ring (bicyclic) bond motifs is 1. The van der Waals surface area contributed by atoms with Gasteiger partial charge in [0, 0.05) is 33.1 Å². The number of nitrogens with zero attached hydrogens (tertiary/aromatic N) is 3. The summed E-state index contributed by atoms with van der Waals surface area (Å²) in [4.78, 5) is 4.59. The zero-order valence-electron chi connectivity index (χ0n) is 13.8. The zero-order chi connectivity index (χ0) is 18.2. The van der Waals surface area contributed by atoms with Crippen LogP contribution in [0.1, 0.15) is 0 Å². The van der Waals surface area contributed by atoms with E-state index in [2.05, 4.69) is 25.7 Å². The van der Waals surface area contributed by atoms with Crippen molar-refractivity contribution in [2.24, 2.45) is 0 Å². The second-order valence-electron chi connectivity index (χ2n) is 5.92. The summed E-state index contributed by atoms with van der Waals surface area (Å²) in [6, 6.07) is 15.3. The summed E-state index contributed by atoms with van der Waals surface area (Å²) in [5, 5.41) is 18.8. The lowest BCUT2D eigenvalue weighted by Gasteiger charge is -2.01. The van der Waals surface area contributed by atoms with Gasteiger partial charge in [0.2, 0.25) is 0 Å². The molecular weight excluding hydrogens is 382 g/mol. The lowest BCUT2D eigenvalue weighted by molar-refractivity contribution is 0.434. The second-order valence-corrected chi connectivity index (χ2v) is 7.21. The van der Waals surface area contributed by atoms with Crippen LogP contribution in [0, 0.1) is 0 Å². The molecular formula is C19H12ClN5OS. The molecule has 5 rings (SSSR count). The number of thiazole rings is 1. The molecule has 8 heteroatoms. The summed E-state index contributed by atoms with van der Waals surface area (Å²) in [5.74, 6) is 0.620. The average molecular weight is 394 g/mol. The fourth-order valence-corrected chi connectivity index (χ4v) is 3.59. The Labute approximate surface area is 162 Å². The number of halogens is 1. The Bertz CT molecular complexity index is 1220. The van der Waals surface area contributed by atoms with E-state index < -0.39 is 0 Å². The molecule has 6 nitrogen and oxygen atoms in total. The molecule has 0 aliphatic carbocycles. The first-order valence-corrected chi connectivity index (χ1v) is 9.39. The van der Waals surface area contributed by atoms with Crippen molar-refractivity contribution in [3.63, 3.8) is 0 Å².